The fourth-order valence-corrected chi connectivity index (χ4v) is 4.17. The molecule has 0 radical (unpaired) electrons. The van der Waals surface area contributed by atoms with Crippen LogP contribution in [0.1, 0.15) is 75.3 Å². The highest BCUT2D eigenvalue weighted by atomic mass is 16.5. The van der Waals surface area contributed by atoms with Gasteiger partial charge in [-0.15, -0.1) is 0 Å². The molecular weight excluding hydrogens is 268 g/mol. The molecule has 0 bridgehead atoms. The highest BCUT2D eigenvalue weighted by Gasteiger charge is 2.24. The Morgan fingerprint density at radius 1 is 0.864 bits per heavy atom. The molecule has 0 saturated heterocycles. The second-order valence-corrected chi connectivity index (χ2v) is 7.84. The summed E-state index contributed by atoms with van der Waals surface area (Å²) in [5, 5.41) is 0. The zero-order valence-electron chi connectivity index (χ0n) is 14.4. The molecule has 1 aromatic rings. The van der Waals surface area contributed by atoms with Gasteiger partial charge in [-0.2, -0.15) is 0 Å². The van der Waals surface area contributed by atoms with Crippen molar-refractivity contribution in [2.45, 2.75) is 77.2 Å². The second kappa shape index (κ2) is 7.64. The Kier molecular flexibility index (Phi) is 5.57. The Bertz CT molecular complexity index is 433. The maximum absolute atomic E-state index is 6.26. The van der Waals surface area contributed by atoms with Crippen molar-refractivity contribution in [3.63, 3.8) is 0 Å². The standard InChI is InChI=1S/C21H32O/c1-16-3-7-18(8-4-16)15-22-21-13-11-20(12-14-21)19-9-5-17(2)6-10-19/h5-6,9-10,16,18,20-21H,3-4,7-8,11-15H2,1-2H3. The molecule has 0 unspecified atom stereocenters. The summed E-state index contributed by atoms with van der Waals surface area (Å²) in [4.78, 5) is 0. The minimum absolute atomic E-state index is 0.529. The molecule has 0 heterocycles. The van der Waals surface area contributed by atoms with Crippen LogP contribution in [-0.4, -0.2) is 12.7 Å². The predicted molar refractivity (Wildman–Crippen MR) is 93.3 cm³/mol. The van der Waals surface area contributed by atoms with Gasteiger partial charge in [0.2, 0.25) is 0 Å². The first-order chi connectivity index (χ1) is 10.7. The van der Waals surface area contributed by atoms with Crippen LogP contribution in [0.4, 0.5) is 0 Å². The third-order valence-electron chi connectivity index (χ3n) is 5.93. The van der Waals surface area contributed by atoms with Crippen LogP contribution in [0.15, 0.2) is 24.3 Å². The fourth-order valence-electron chi connectivity index (χ4n) is 4.17. The normalized spacial score (nSPS) is 32.8. The van der Waals surface area contributed by atoms with E-state index in [1.807, 2.05) is 0 Å². The minimum atomic E-state index is 0.529. The van der Waals surface area contributed by atoms with Crippen molar-refractivity contribution < 1.29 is 4.74 Å². The number of hydrogen-bond acceptors (Lipinski definition) is 1. The maximum atomic E-state index is 6.26. The number of hydrogen-bond donors (Lipinski definition) is 0. The van der Waals surface area contributed by atoms with E-state index in [0.29, 0.717) is 6.10 Å². The minimum Gasteiger partial charge on any atom is -0.378 e. The zero-order chi connectivity index (χ0) is 15.4. The third-order valence-corrected chi connectivity index (χ3v) is 5.93. The molecule has 1 nitrogen and oxygen atoms in total. The molecule has 22 heavy (non-hydrogen) atoms. The Labute approximate surface area is 136 Å². The fraction of sp³-hybridized carbons (Fsp3) is 0.714. The second-order valence-electron chi connectivity index (χ2n) is 7.84. The highest BCUT2D eigenvalue weighted by Crippen LogP contribution is 2.35. The van der Waals surface area contributed by atoms with Crippen LogP contribution in [-0.2, 0) is 4.74 Å². The molecule has 2 aliphatic carbocycles. The largest absolute Gasteiger partial charge is 0.378 e. The molecule has 1 aromatic carbocycles. The summed E-state index contributed by atoms with van der Waals surface area (Å²) in [5.41, 5.74) is 2.90. The molecule has 122 valence electrons. The first-order valence-corrected chi connectivity index (χ1v) is 9.39. The molecule has 2 saturated carbocycles. The van der Waals surface area contributed by atoms with E-state index in [0.717, 1.165) is 24.4 Å². The third kappa shape index (κ3) is 4.35. The lowest BCUT2D eigenvalue weighted by Gasteiger charge is -2.31. The van der Waals surface area contributed by atoms with Crippen LogP contribution in [0.3, 0.4) is 0 Å². The number of aryl methyl sites for hydroxylation is 1. The molecule has 0 aromatic heterocycles. The van der Waals surface area contributed by atoms with E-state index in [-0.39, 0.29) is 0 Å². The van der Waals surface area contributed by atoms with Crippen LogP contribution >= 0.6 is 0 Å². The van der Waals surface area contributed by atoms with Gasteiger partial charge >= 0.3 is 0 Å². The number of rotatable bonds is 4. The smallest absolute Gasteiger partial charge is 0.0575 e. The quantitative estimate of drug-likeness (QED) is 0.676. The van der Waals surface area contributed by atoms with Gasteiger partial charge in [-0.05, 0) is 68.8 Å². The summed E-state index contributed by atoms with van der Waals surface area (Å²) in [7, 11) is 0. The lowest BCUT2D eigenvalue weighted by molar-refractivity contribution is -0.00404. The Hall–Kier alpha value is -0.820. The van der Waals surface area contributed by atoms with Crippen molar-refractivity contribution in [2.24, 2.45) is 11.8 Å². The van der Waals surface area contributed by atoms with Gasteiger partial charge in [0.15, 0.2) is 0 Å². The topological polar surface area (TPSA) is 9.23 Å². The van der Waals surface area contributed by atoms with Crippen LogP contribution in [0.2, 0.25) is 0 Å². The van der Waals surface area contributed by atoms with Gasteiger partial charge in [0.1, 0.15) is 0 Å². The van der Waals surface area contributed by atoms with Crippen LogP contribution < -0.4 is 0 Å². The van der Waals surface area contributed by atoms with E-state index in [1.54, 1.807) is 0 Å². The monoisotopic (exact) mass is 300 g/mol. The Morgan fingerprint density at radius 3 is 2.14 bits per heavy atom. The summed E-state index contributed by atoms with van der Waals surface area (Å²) in [6.45, 7) is 5.58. The van der Waals surface area contributed by atoms with E-state index in [4.69, 9.17) is 4.74 Å². The summed E-state index contributed by atoms with van der Waals surface area (Å²) in [6, 6.07) is 9.15. The average Bonchev–Trinajstić information content (AvgIpc) is 2.56. The first kappa shape index (κ1) is 16.1. The van der Waals surface area contributed by atoms with E-state index in [9.17, 15) is 0 Å². The Morgan fingerprint density at radius 2 is 1.50 bits per heavy atom. The van der Waals surface area contributed by atoms with Gasteiger partial charge in [-0.3, -0.25) is 0 Å². The van der Waals surface area contributed by atoms with Crippen LogP contribution in [0, 0.1) is 18.8 Å². The molecule has 0 aliphatic heterocycles. The SMILES string of the molecule is Cc1ccc(C2CCC(OCC3CCC(C)CC3)CC2)cc1. The highest BCUT2D eigenvalue weighted by molar-refractivity contribution is 5.24. The van der Waals surface area contributed by atoms with Gasteiger partial charge in [0, 0.05) is 6.61 Å². The van der Waals surface area contributed by atoms with Crippen molar-refractivity contribution >= 4 is 0 Å². The zero-order valence-corrected chi connectivity index (χ0v) is 14.4. The summed E-state index contributed by atoms with van der Waals surface area (Å²) < 4.78 is 6.26. The van der Waals surface area contributed by atoms with E-state index in [1.165, 1.54) is 62.5 Å². The number of benzene rings is 1. The van der Waals surface area contributed by atoms with Gasteiger partial charge in [-0.1, -0.05) is 49.6 Å². The molecule has 0 N–H and O–H groups in total. The average molecular weight is 300 g/mol. The van der Waals surface area contributed by atoms with E-state index in [2.05, 4.69) is 38.1 Å². The Balaban J connectivity index is 1.39. The van der Waals surface area contributed by atoms with Gasteiger partial charge in [0.25, 0.3) is 0 Å². The molecule has 0 atom stereocenters. The molecule has 2 fully saturated rings. The summed E-state index contributed by atoms with van der Waals surface area (Å²) >= 11 is 0. The first-order valence-electron chi connectivity index (χ1n) is 9.39. The van der Waals surface area contributed by atoms with Crippen molar-refractivity contribution in [2.75, 3.05) is 6.61 Å². The van der Waals surface area contributed by atoms with Gasteiger partial charge in [-0.25, -0.2) is 0 Å². The summed E-state index contributed by atoms with van der Waals surface area (Å²) in [5.74, 6) is 2.54. The van der Waals surface area contributed by atoms with Crippen molar-refractivity contribution in [3.8, 4) is 0 Å². The predicted octanol–water partition coefficient (Wildman–Crippen LogP) is 5.86. The summed E-state index contributed by atoms with van der Waals surface area (Å²) in [6.07, 6.45) is 11.2. The molecule has 0 amide bonds. The van der Waals surface area contributed by atoms with Crippen LogP contribution in [0.5, 0.6) is 0 Å². The van der Waals surface area contributed by atoms with Crippen LogP contribution in [0.25, 0.3) is 0 Å². The molecular formula is C21H32O. The molecule has 3 rings (SSSR count). The van der Waals surface area contributed by atoms with Crippen molar-refractivity contribution in [3.05, 3.63) is 35.4 Å². The van der Waals surface area contributed by atoms with Crippen molar-refractivity contribution in [1.82, 2.24) is 0 Å². The lowest BCUT2D eigenvalue weighted by Crippen LogP contribution is -2.25. The maximum Gasteiger partial charge on any atom is 0.0575 e. The molecule has 2 aliphatic rings. The lowest BCUT2D eigenvalue weighted by atomic mass is 9.82. The molecule has 0 spiro atoms. The molecule has 1 heteroatoms. The van der Waals surface area contributed by atoms with Gasteiger partial charge in [0.05, 0.1) is 6.10 Å². The number of ether oxygens (including phenoxy) is 1. The van der Waals surface area contributed by atoms with E-state index >= 15 is 0 Å². The van der Waals surface area contributed by atoms with Gasteiger partial charge < -0.3 is 4.74 Å². The van der Waals surface area contributed by atoms with E-state index < -0.39 is 0 Å². The van der Waals surface area contributed by atoms with Crippen molar-refractivity contribution in [1.29, 1.82) is 0 Å².